The molecular weight excluding hydrogens is 270 g/mol. The van der Waals surface area contributed by atoms with Crippen molar-refractivity contribution in [3.63, 3.8) is 0 Å². The summed E-state index contributed by atoms with van der Waals surface area (Å²) in [5.41, 5.74) is 4.88. The van der Waals surface area contributed by atoms with Crippen molar-refractivity contribution >= 4 is 11.7 Å². The molecule has 0 spiro atoms. The van der Waals surface area contributed by atoms with E-state index in [9.17, 15) is 4.79 Å². The molecule has 6 nitrogen and oxygen atoms in total. The molecule has 0 radical (unpaired) electrons. The van der Waals surface area contributed by atoms with Crippen molar-refractivity contribution in [2.75, 3.05) is 19.8 Å². The first-order valence-corrected chi connectivity index (χ1v) is 8.03. The first kappa shape index (κ1) is 16.1. The zero-order chi connectivity index (χ0) is 15.1. The summed E-state index contributed by atoms with van der Waals surface area (Å²) in [6.45, 7) is 1.60. The molecule has 2 aliphatic rings. The molecule has 0 aromatic heterocycles. The van der Waals surface area contributed by atoms with Crippen molar-refractivity contribution in [1.82, 2.24) is 5.32 Å². The predicted molar refractivity (Wildman–Crippen MR) is 80.1 cm³/mol. The minimum atomic E-state index is -0.903. The lowest BCUT2D eigenvalue weighted by Crippen LogP contribution is -2.53. The van der Waals surface area contributed by atoms with Gasteiger partial charge < -0.3 is 21.0 Å². The van der Waals surface area contributed by atoms with Gasteiger partial charge in [0.15, 0.2) is 5.84 Å². The Labute approximate surface area is 126 Å². The van der Waals surface area contributed by atoms with Crippen LogP contribution in [0, 0.1) is 11.3 Å². The molecule has 120 valence electrons. The third-order valence-corrected chi connectivity index (χ3v) is 4.94. The van der Waals surface area contributed by atoms with Crippen molar-refractivity contribution in [2.45, 2.75) is 51.4 Å². The number of nitrogens with zero attached hydrogens (tertiary/aromatic N) is 1. The third kappa shape index (κ3) is 3.87. The summed E-state index contributed by atoms with van der Waals surface area (Å²) in [5, 5.41) is 15.0. The van der Waals surface area contributed by atoms with Crippen LogP contribution >= 0.6 is 0 Å². The molecule has 0 bridgehead atoms. The molecule has 1 amide bonds. The molecule has 1 saturated carbocycles. The molecule has 1 heterocycles. The molecule has 1 saturated heterocycles. The number of nitrogens with one attached hydrogen (secondary N) is 1. The molecule has 0 aromatic rings. The van der Waals surface area contributed by atoms with E-state index in [0.29, 0.717) is 32.6 Å². The monoisotopic (exact) mass is 297 g/mol. The number of amidine groups is 1. The van der Waals surface area contributed by atoms with Gasteiger partial charge in [0.05, 0.1) is 0 Å². The average molecular weight is 297 g/mol. The Bertz CT molecular complexity index is 372. The fourth-order valence-corrected chi connectivity index (χ4v) is 3.45. The number of rotatable bonds is 5. The zero-order valence-corrected chi connectivity index (χ0v) is 12.6. The lowest BCUT2D eigenvalue weighted by molar-refractivity contribution is -0.131. The quantitative estimate of drug-likeness (QED) is 0.311. The molecule has 0 unspecified atom stereocenters. The van der Waals surface area contributed by atoms with Crippen LogP contribution in [-0.4, -0.2) is 36.7 Å². The van der Waals surface area contributed by atoms with Crippen LogP contribution in [0.15, 0.2) is 5.16 Å². The molecule has 6 heteroatoms. The van der Waals surface area contributed by atoms with E-state index in [1.165, 1.54) is 32.1 Å². The number of oxime groups is 1. The highest BCUT2D eigenvalue weighted by Gasteiger charge is 2.44. The summed E-state index contributed by atoms with van der Waals surface area (Å²) in [6, 6.07) is 0. The third-order valence-electron chi connectivity index (χ3n) is 4.94. The summed E-state index contributed by atoms with van der Waals surface area (Å²) in [6.07, 6.45) is 8.47. The van der Waals surface area contributed by atoms with Crippen molar-refractivity contribution < 1.29 is 14.7 Å². The van der Waals surface area contributed by atoms with Crippen LogP contribution in [0.25, 0.3) is 0 Å². The molecule has 1 aliphatic carbocycles. The predicted octanol–water partition coefficient (Wildman–Crippen LogP) is 1.62. The van der Waals surface area contributed by atoms with Gasteiger partial charge in [-0.1, -0.05) is 37.3 Å². The van der Waals surface area contributed by atoms with Crippen molar-refractivity contribution in [3.8, 4) is 0 Å². The van der Waals surface area contributed by atoms with Gasteiger partial charge in [0.2, 0.25) is 5.91 Å². The van der Waals surface area contributed by atoms with Gasteiger partial charge in [-0.15, -0.1) is 0 Å². The van der Waals surface area contributed by atoms with Crippen molar-refractivity contribution in [2.24, 2.45) is 22.2 Å². The number of hydrogen-bond acceptors (Lipinski definition) is 4. The van der Waals surface area contributed by atoms with E-state index in [-0.39, 0.29) is 11.7 Å². The number of amides is 1. The van der Waals surface area contributed by atoms with Crippen molar-refractivity contribution in [1.29, 1.82) is 0 Å². The van der Waals surface area contributed by atoms with Gasteiger partial charge in [0.25, 0.3) is 0 Å². The number of nitrogens with two attached hydrogens (primary N) is 1. The average Bonchev–Trinajstić information content (AvgIpc) is 2.55. The van der Waals surface area contributed by atoms with Crippen LogP contribution in [0.2, 0.25) is 0 Å². The van der Waals surface area contributed by atoms with Gasteiger partial charge in [0, 0.05) is 19.8 Å². The van der Waals surface area contributed by atoms with Crippen LogP contribution in [0.4, 0.5) is 0 Å². The van der Waals surface area contributed by atoms with Gasteiger partial charge in [0.1, 0.15) is 5.41 Å². The standard InChI is InChI=1S/C15H27N3O3/c16-13(18-20)15(7-10-21-11-8-15)14(19)17-9-6-12-4-2-1-3-5-12/h12,20H,1-11H2,(H2,16,18)(H,17,19). The first-order valence-electron chi connectivity index (χ1n) is 8.03. The summed E-state index contributed by atoms with van der Waals surface area (Å²) in [5.74, 6) is 0.603. The fraction of sp³-hybridized carbons (Fsp3) is 0.867. The highest BCUT2D eigenvalue weighted by molar-refractivity contribution is 6.06. The van der Waals surface area contributed by atoms with Gasteiger partial charge in [-0.3, -0.25) is 4.79 Å². The lowest BCUT2D eigenvalue weighted by Gasteiger charge is -2.34. The summed E-state index contributed by atoms with van der Waals surface area (Å²) >= 11 is 0. The Morgan fingerprint density at radius 2 is 1.95 bits per heavy atom. The topological polar surface area (TPSA) is 96.9 Å². The van der Waals surface area contributed by atoms with Gasteiger partial charge >= 0.3 is 0 Å². The Balaban J connectivity index is 1.86. The fourth-order valence-electron chi connectivity index (χ4n) is 3.45. The van der Waals surface area contributed by atoms with Crippen LogP contribution in [0.1, 0.15) is 51.4 Å². The van der Waals surface area contributed by atoms with E-state index in [1.54, 1.807) is 0 Å². The Hall–Kier alpha value is -1.30. The highest BCUT2D eigenvalue weighted by atomic mass is 16.5. The summed E-state index contributed by atoms with van der Waals surface area (Å²) in [4.78, 5) is 12.5. The van der Waals surface area contributed by atoms with E-state index in [2.05, 4.69) is 10.5 Å². The minimum absolute atomic E-state index is 0.000895. The maximum absolute atomic E-state index is 12.5. The van der Waals surface area contributed by atoms with E-state index in [4.69, 9.17) is 15.7 Å². The second-order valence-corrected chi connectivity index (χ2v) is 6.23. The molecule has 0 atom stereocenters. The Kier molecular flexibility index (Phi) is 5.85. The number of carbonyl (C=O) groups excluding carboxylic acids is 1. The van der Waals surface area contributed by atoms with E-state index < -0.39 is 5.41 Å². The van der Waals surface area contributed by atoms with E-state index in [1.807, 2.05) is 0 Å². The van der Waals surface area contributed by atoms with Gasteiger partial charge in [-0.25, -0.2) is 0 Å². The van der Waals surface area contributed by atoms with Gasteiger partial charge in [-0.05, 0) is 25.2 Å². The van der Waals surface area contributed by atoms with Crippen LogP contribution < -0.4 is 11.1 Å². The number of carbonyl (C=O) groups is 1. The highest BCUT2D eigenvalue weighted by Crippen LogP contribution is 2.31. The normalized spacial score (nSPS) is 23.7. The number of hydrogen-bond donors (Lipinski definition) is 3. The molecule has 4 N–H and O–H groups in total. The van der Waals surface area contributed by atoms with Crippen molar-refractivity contribution in [3.05, 3.63) is 0 Å². The second kappa shape index (κ2) is 7.64. The molecule has 2 rings (SSSR count). The van der Waals surface area contributed by atoms with Crippen LogP contribution in [0.3, 0.4) is 0 Å². The summed E-state index contributed by atoms with van der Waals surface area (Å²) in [7, 11) is 0. The van der Waals surface area contributed by atoms with Crippen LogP contribution in [-0.2, 0) is 9.53 Å². The Morgan fingerprint density at radius 3 is 2.57 bits per heavy atom. The SMILES string of the molecule is NC(=NO)C1(C(=O)NCCC2CCCCC2)CCOCC1. The molecule has 1 aliphatic heterocycles. The largest absolute Gasteiger partial charge is 0.409 e. The van der Waals surface area contributed by atoms with E-state index in [0.717, 1.165) is 12.3 Å². The summed E-state index contributed by atoms with van der Waals surface area (Å²) < 4.78 is 5.30. The van der Waals surface area contributed by atoms with E-state index >= 15 is 0 Å². The minimum Gasteiger partial charge on any atom is -0.409 e. The van der Waals surface area contributed by atoms with Gasteiger partial charge in [-0.2, -0.15) is 0 Å². The zero-order valence-electron chi connectivity index (χ0n) is 12.6. The maximum atomic E-state index is 12.5. The first-order chi connectivity index (χ1) is 10.2. The molecular formula is C15H27N3O3. The van der Waals surface area contributed by atoms with Crippen LogP contribution in [0.5, 0.6) is 0 Å². The molecule has 21 heavy (non-hydrogen) atoms. The maximum Gasteiger partial charge on any atom is 0.234 e. The lowest BCUT2D eigenvalue weighted by atomic mass is 9.78. The second-order valence-electron chi connectivity index (χ2n) is 6.23. The Morgan fingerprint density at radius 1 is 1.29 bits per heavy atom. The molecule has 0 aromatic carbocycles. The number of ether oxygens (including phenoxy) is 1. The smallest absolute Gasteiger partial charge is 0.234 e. The molecule has 2 fully saturated rings.